The van der Waals surface area contributed by atoms with Crippen LogP contribution in [0.25, 0.3) is 0 Å². The zero-order chi connectivity index (χ0) is 14.2. The maximum absolute atomic E-state index is 12.5. The average Bonchev–Trinajstić information content (AvgIpc) is 2.30. The van der Waals surface area contributed by atoms with Gasteiger partial charge < -0.3 is 10.6 Å². The first-order valence-corrected chi connectivity index (χ1v) is 6.61. The second-order valence-electron chi connectivity index (χ2n) is 5.56. The van der Waals surface area contributed by atoms with E-state index < -0.39 is 0 Å². The summed E-state index contributed by atoms with van der Waals surface area (Å²) < 4.78 is 0. The summed E-state index contributed by atoms with van der Waals surface area (Å²) in [7, 11) is 2.07. The Morgan fingerprint density at radius 2 is 2.11 bits per heavy atom. The molecule has 6 heteroatoms. The van der Waals surface area contributed by atoms with Crippen LogP contribution in [0, 0.1) is 0 Å². The molecule has 1 aromatic rings. The molecule has 0 unspecified atom stereocenters. The Morgan fingerprint density at radius 3 is 2.68 bits per heavy atom. The highest BCUT2D eigenvalue weighted by Gasteiger charge is 2.33. The summed E-state index contributed by atoms with van der Waals surface area (Å²) >= 11 is 5.84. The van der Waals surface area contributed by atoms with Crippen molar-refractivity contribution in [1.29, 1.82) is 0 Å². The number of nitrogens with two attached hydrogens (primary N) is 1. The molecule has 5 nitrogen and oxygen atoms in total. The SMILES string of the molecule is CN1CCN(C(=O)c2cc(N)nc(Cl)c2)CC1(C)C. The minimum Gasteiger partial charge on any atom is -0.384 e. The van der Waals surface area contributed by atoms with Crippen molar-refractivity contribution in [1.82, 2.24) is 14.8 Å². The van der Waals surface area contributed by atoms with Crippen LogP contribution in [0.1, 0.15) is 24.2 Å². The lowest BCUT2D eigenvalue weighted by Crippen LogP contribution is -2.58. The number of pyridine rings is 1. The van der Waals surface area contributed by atoms with Crippen molar-refractivity contribution in [3.05, 3.63) is 22.8 Å². The van der Waals surface area contributed by atoms with E-state index >= 15 is 0 Å². The van der Waals surface area contributed by atoms with Crippen molar-refractivity contribution >= 4 is 23.3 Å². The van der Waals surface area contributed by atoms with E-state index in [0.29, 0.717) is 18.7 Å². The van der Waals surface area contributed by atoms with Crippen LogP contribution >= 0.6 is 11.6 Å². The molecule has 0 aromatic carbocycles. The first kappa shape index (κ1) is 14.1. The van der Waals surface area contributed by atoms with Gasteiger partial charge in [-0.2, -0.15) is 0 Å². The van der Waals surface area contributed by atoms with Crippen LogP contribution in [0.15, 0.2) is 12.1 Å². The van der Waals surface area contributed by atoms with Crippen molar-refractivity contribution in [2.75, 3.05) is 32.4 Å². The first-order valence-electron chi connectivity index (χ1n) is 6.23. The number of aromatic nitrogens is 1. The zero-order valence-electron chi connectivity index (χ0n) is 11.5. The molecular formula is C13H19ClN4O. The Balaban J connectivity index is 2.20. The molecule has 0 aliphatic carbocycles. The molecule has 1 amide bonds. The number of halogens is 1. The Hall–Kier alpha value is -1.33. The molecule has 1 fully saturated rings. The van der Waals surface area contributed by atoms with E-state index in [1.807, 2.05) is 4.90 Å². The van der Waals surface area contributed by atoms with Gasteiger partial charge in [-0.3, -0.25) is 9.69 Å². The standard InChI is InChI=1S/C13H19ClN4O/c1-13(2)8-18(5-4-17(13)3)12(19)9-6-10(14)16-11(15)7-9/h6-7H,4-5,8H2,1-3H3,(H2,15,16). The molecule has 1 saturated heterocycles. The molecule has 0 atom stereocenters. The summed E-state index contributed by atoms with van der Waals surface area (Å²) in [6.07, 6.45) is 0. The van der Waals surface area contributed by atoms with Crippen LogP contribution in [0.3, 0.4) is 0 Å². The van der Waals surface area contributed by atoms with Gasteiger partial charge in [0.05, 0.1) is 0 Å². The Morgan fingerprint density at radius 1 is 1.42 bits per heavy atom. The summed E-state index contributed by atoms with van der Waals surface area (Å²) in [5.41, 5.74) is 6.09. The van der Waals surface area contributed by atoms with Crippen molar-refractivity contribution in [3.63, 3.8) is 0 Å². The number of rotatable bonds is 1. The lowest BCUT2D eigenvalue weighted by molar-refractivity contribution is 0.0311. The highest BCUT2D eigenvalue weighted by Crippen LogP contribution is 2.21. The molecule has 0 bridgehead atoms. The van der Waals surface area contributed by atoms with Gasteiger partial charge in [0.2, 0.25) is 0 Å². The molecule has 1 aliphatic rings. The number of carbonyl (C=O) groups is 1. The van der Waals surface area contributed by atoms with E-state index in [2.05, 4.69) is 30.8 Å². The van der Waals surface area contributed by atoms with Crippen LogP contribution in [0.5, 0.6) is 0 Å². The van der Waals surface area contributed by atoms with Crippen molar-refractivity contribution in [3.8, 4) is 0 Å². The summed E-state index contributed by atoms with van der Waals surface area (Å²) in [6.45, 7) is 6.49. The second kappa shape index (κ2) is 4.98. The van der Waals surface area contributed by atoms with Gasteiger partial charge in [0, 0.05) is 30.7 Å². The van der Waals surface area contributed by atoms with Gasteiger partial charge in [0.15, 0.2) is 0 Å². The molecule has 0 saturated carbocycles. The molecule has 1 aromatic heterocycles. The van der Waals surface area contributed by atoms with Crippen LogP contribution in [-0.2, 0) is 0 Å². The summed E-state index contributed by atoms with van der Waals surface area (Å²) in [6, 6.07) is 3.13. The van der Waals surface area contributed by atoms with Gasteiger partial charge in [0.1, 0.15) is 11.0 Å². The fourth-order valence-electron chi connectivity index (χ4n) is 2.24. The number of amides is 1. The minimum absolute atomic E-state index is 0.0315. The van der Waals surface area contributed by atoms with E-state index in [0.717, 1.165) is 6.54 Å². The molecule has 0 spiro atoms. The lowest BCUT2D eigenvalue weighted by Gasteiger charge is -2.45. The quantitative estimate of drug-likeness (QED) is 0.793. The van der Waals surface area contributed by atoms with Crippen LogP contribution in [0.4, 0.5) is 5.82 Å². The Labute approximate surface area is 118 Å². The Bertz CT molecular complexity index is 483. The molecule has 0 radical (unpaired) electrons. The first-order chi connectivity index (χ1) is 8.79. The van der Waals surface area contributed by atoms with Gasteiger partial charge in [0.25, 0.3) is 5.91 Å². The highest BCUT2D eigenvalue weighted by molar-refractivity contribution is 6.29. The summed E-state index contributed by atoms with van der Waals surface area (Å²) in [4.78, 5) is 20.4. The number of piperazine rings is 1. The van der Waals surface area contributed by atoms with Gasteiger partial charge >= 0.3 is 0 Å². The van der Waals surface area contributed by atoms with Crippen molar-refractivity contribution < 1.29 is 4.79 Å². The molecule has 104 valence electrons. The highest BCUT2D eigenvalue weighted by atomic mass is 35.5. The van der Waals surface area contributed by atoms with E-state index in [9.17, 15) is 4.79 Å². The van der Waals surface area contributed by atoms with Gasteiger partial charge in [-0.25, -0.2) is 4.98 Å². The van der Waals surface area contributed by atoms with E-state index in [4.69, 9.17) is 17.3 Å². The Kier molecular flexibility index (Phi) is 3.69. The molecule has 2 N–H and O–H groups in total. The fourth-order valence-corrected chi connectivity index (χ4v) is 2.45. The van der Waals surface area contributed by atoms with Crippen molar-refractivity contribution in [2.45, 2.75) is 19.4 Å². The number of nitrogens with zero attached hydrogens (tertiary/aromatic N) is 3. The van der Waals surface area contributed by atoms with E-state index in [-0.39, 0.29) is 22.4 Å². The number of hydrogen-bond acceptors (Lipinski definition) is 4. The molecule has 19 heavy (non-hydrogen) atoms. The minimum atomic E-state index is -0.0443. The lowest BCUT2D eigenvalue weighted by atomic mass is 9.99. The summed E-state index contributed by atoms with van der Waals surface area (Å²) in [5.74, 6) is 0.224. The predicted octanol–water partition coefficient (Wildman–Crippen LogP) is 1.48. The number of nitrogen functional groups attached to an aromatic ring is 1. The molecule has 2 heterocycles. The smallest absolute Gasteiger partial charge is 0.254 e. The normalized spacial score (nSPS) is 19.5. The number of hydrogen-bond donors (Lipinski definition) is 1. The van der Waals surface area contributed by atoms with E-state index in [1.54, 1.807) is 12.1 Å². The molecular weight excluding hydrogens is 264 g/mol. The van der Waals surface area contributed by atoms with E-state index in [1.165, 1.54) is 0 Å². The maximum atomic E-state index is 12.5. The van der Waals surface area contributed by atoms with Crippen LogP contribution < -0.4 is 5.73 Å². The number of carbonyl (C=O) groups excluding carboxylic acids is 1. The second-order valence-corrected chi connectivity index (χ2v) is 5.95. The monoisotopic (exact) mass is 282 g/mol. The van der Waals surface area contributed by atoms with Crippen LogP contribution in [-0.4, -0.2) is 52.9 Å². The topological polar surface area (TPSA) is 62.5 Å². The van der Waals surface area contributed by atoms with Gasteiger partial charge in [-0.1, -0.05) is 11.6 Å². The van der Waals surface area contributed by atoms with Gasteiger partial charge in [-0.05, 0) is 33.0 Å². The van der Waals surface area contributed by atoms with Crippen molar-refractivity contribution in [2.24, 2.45) is 0 Å². The predicted molar refractivity (Wildman–Crippen MR) is 76.3 cm³/mol. The largest absolute Gasteiger partial charge is 0.384 e. The fraction of sp³-hybridized carbons (Fsp3) is 0.538. The number of likely N-dealkylation sites (N-methyl/N-ethyl adjacent to an activating group) is 1. The zero-order valence-corrected chi connectivity index (χ0v) is 12.2. The average molecular weight is 283 g/mol. The maximum Gasteiger partial charge on any atom is 0.254 e. The molecule has 2 rings (SSSR count). The third-order valence-electron chi connectivity index (χ3n) is 3.66. The third kappa shape index (κ3) is 2.98. The number of anilines is 1. The van der Waals surface area contributed by atoms with Crippen LogP contribution in [0.2, 0.25) is 5.15 Å². The third-order valence-corrected chi connectivity index (χ3v) is 3.86. The molecule has 1 aliphatic heterocycles. The summed E-state index contributed by atoms with van der Waals surface area (Å²) in [5, 5.41) is 0.247. The van der Waals surface area contributed by atoms with Gasteiger partial charge in [-0.15, -0.1) is 0 Å².